The quantitative estimate of drug-likeness (QED) is 0.191. The van der Waals surface area contributed by atoms with Crippen molar-refractivity contribution in [3.63, 3.8) is 0 Å². The summed E-state index contributed by atoms with van der Waals surface area (Å²) in [7, 11) is -4.24. The fraction of sp³-hybridized carbons (Fsp3) is 0.636. The minimum absolute atomic E-state index is 0. The summed E-state index contributed by atoms with van der Waals surface area (Å²) < 4.78 is 0. The molecule has 27 heavy (non-hydrogen) atoms. The standard InChI is InChI=1S/2C11H23Si2.Sc.H/c2*1-8-9-10-11(12(2,3)4)13(5,6)7;;/h2*1,8-11H,2-7H3;;/q2*-1;+3;-1. The predicted molar refractivity (Wildman–Crippen MR) is 138 cm³/mol. The Morgan fingerprint density at radius 3 is 0.815 bits per heavy atom. The molecule has 0 aromatic rings. The molecule has 0 unspecified atom stereocenters. The average molecular weight is 469 g/mol. The van der Waals surface area contributed by atoms with Gasteiger partial charge in [-0.2, -0.15) is 12.2 Å². The van der Waals surface area contributed by atoms with Crippen molar-refractivity contribution in [3.8, 4) is 0 Å². The van der Waals surface area contributed by atoms with Crippen LogP contribution in [0.15, 0.2) is 36.5 Å². The van der Waals surface area contributed by atoms with E-state index in [1.54, 1.807) is 12.2 Å². The zero-order chi connectivity index (χ0) is 21.4. The average Bonchev–Trinajstić information content (AvgIpc) is 2.33. The van der Waals surface area contributed by atoms with Gasteiger partial charge in [-0.05, 0) is 10.3 Å². The molecule has 0 aliphatic rings. The van der Waals surface area contributed by atoms with E-state index in [2.05, 4.69) is 90.7 Å². The first-order valence-electron chi connectivity index (χ1n) is 9.82. The van der Waals surface area contributed by atoms with Crippen LogP contribution >= 0.6 is 0 Å². The molecule has 0 rings (SSSR count). The number of hydrogen-bond donors (Lipinski definition) is 0. The van der Waals surface area contributed by atoms with Crippen LogP contribution in [0.3, 0.4) is 0 Å². The van der Waals surface area contributed by atoms with E-state index in [0.717, 1.165) is 10.3 Å². The van der Waals surface area contributed by atoms with Crippen molar-refractivity contribution in [2.45, 2.75) is 88.9 Å². The summed E-state index contributed by atoms with van der Waals surface area (Å²) >= 11 is 0. The first-order chi connectivity index (χ1) is 11.4. The van der Waals surface area contributed by atoms with Crippen molar-refractivity contribution in [2.24, 2.45) is 0 Å². The largest absolute Gasteiger partial charge is 3.00 e. The van der Waals surface area contributed by atoms with Gasteiger partial charge in [-0.15, -0.1) is 0 Å². The monoisotopic (exact) mass is 468 g/mol. The van der Waals surface area contributed by atoms with Gasteiger partial charge in [0, 0.05) is 32.3 Å². The normalized spacial score (nSPS) is 13.6. The van der Waals surface area contributed by atoms with Crippen LogP contribution in [-0.4, -0.2) is 32.3 Å². The second-order valence-electron chi connectivity index (χ2n) is 11.6. The molecule has 0 bridgehead atoms. The summed E-state index contributed by atoms with van der Waals surface area (Å²) in [5.41, 5.74) is 0. The Balaban J connectivity index is -0.000000192. The molecule has 0 aromatic heterocycles. The molecule has 0 atom stereocenters. The predicted octanol–water partition coefficient (Wildman–Crippen LogP) is 8.35. The first-order valence-corrected chi connectivity index (χ1v) is 24.1. The van der Waals surface area contributed by atoms with Crippen molar-refractivity contribution in [1.82, 2.24) is 0 Å². The summed E-state index contributed by atoms with van der Waals surface area (Å²) in [5.74, 6) is 0. The maximum Gasteiger partial charge on any atom is 3.00 e. The third-order valence-electron chi connectivity index (χ3n) is 4.56. The Bertz CT molecular complexity index is 413. The molecule has 0 saturated carbocycles. The second-order valence-corrected chi connectivity index (χ2v) is 34.1. The molecular weight excluding hydrogens is 422 g/mol. The fourth-order valence-electron chi connectivity index (χ4n) is 4.10. The van der Waals surface area contributed by atoms with Gasteiger partial charge in [-0.25, -0.2) is 24.3 Å². The molecule has 0 spiro atoms. The van der Waals surface area contributed by atoms with Crippen LogP contribution in [-0.2, 0) is 25.8 Å². The van der Waals surface area contributed by atoms with Crippen LogP contribution in [0, 0.1) is 13.2 Å². The van der Waals surface area contributed by atoms with Crippen molar-refractivity contribution in [3.05, 3.63) is 49.6 Å². The van der Waals surface area contributed by atoms with E-state index in [1.807, 2.05) is 12.2 Å². The summed E-state index contributed by atoms with van der Waals surface area (Å²) in [6.45, 7) is 40.1. The van der Waals surface area contributed by atoms with Crippen LogP contribution in [0.4, 0.5) is 0 Å². The van der Waals surface area contributed by atoms with Crippen molar-refractivity contribution >= 4 is 32.3 Å². The number of allylic oxidation sites excluding steroid dienone is 6. The van der Waals surface area contributed by atoms with Gasteiger partial charge in [0.15, 0.2) is 0 Å². The van der Waals surface area contributed by atoms with Gasteiger partial charge < -0.3 is 1.43 Å². The van der Waals surface area contributed by atoms with E-state index >= 15 is 0 Å². The number of rotatable bonds is 8. The minimum atomic E-state index is -1.06. The molecule has 0 N–H and O–H groups in total. The molecule has 0 radical (unpaired) electrons. The Morgan fingerprint density at radius 2 is 0.704 bits per heavy atom. The van der Waals surface area contributed by atoms with Gasteiger partial charge in [0.05, 0.1) is 0 Å². The molecular formula is C22H47ScSi4. The third kappa shape index (κ3) is 15.2. The fourth-order valence-corrected chi connectivity index (χ4v) is 27.6. The molecule has 0 aliphatic heterocycles. The van der Waals surface area contributed by atoms with Crippen LogP contribution in [0.1, 0.15) is 1.43 Å². The Hall–Kier alpha value is 0.698. The van der Waals surface area contributed by atoms with Gasteiger partial charge in [0.2, 0.25) is 0 Å². The molecule has 0 aromatic carbocycles. The summed E-state index contributed by atoms with van der Waals surface area (Å²) in [6, 6.07) is 0. The van der Waals surface area contributed by atoms with E-state index in [4.69, 9.17) is 13.2 Å². The molecule has 154 valence electrons. The van der Waals surface area contributed by atoms with Gasteiger partial charge in [-0.3, -0.25) is 13.2 Å². The Labute approximate surface area is 197 Å². The van der Waals surface area contributed by atoms with Crippen molar-refractivity contribution in [1.29, 1.82) is 0 Å². The molecule has 0 fully saturated rings. The summed E-state index contributed by atoms with van der Waals surface area (Å²) in [6.07, 6.45) is 12.0. The van der Waals surface area contributed by atoms with E-state index in [9.17, 15) is 0 Å². The third-order valence-corrected chi connectivity index (χ3v) is 23.2. The van der Waals surface area contributed by atoms with Gasteiger partial charge >= 0.3 is 25.8 Å². The van der Waals surface area contributed by atoms with Crippen LogP contribution in [0.25, 0.3) is 0 Å². The van der Waals surface area contributed by atoms with Crippen LogP contribution in [0.5, 0.6) is 0 Å². The van der Waals surface area contributed by atoms with Gasteiger partial charge in [-0.1, -0.05) is 78.6 Å². The molecule has 0 saturated heterocycles. The van der Waals surface area contributed by atoms with Crippen molar-refractivity contribution < 1.29 is 27.3 Å². The number of hydrogen-bond acceptors (Lipinski definition) is 0. The zero-order valence-electron chi connectivity index (χ0n) is 21.4. The SMILES string of the molecule is [CH-]=CC=CC([Si](C)(C)C)[Si](C)(C)C.[CH-]=CC=CC([Si](C)(C)C)[Si](C)(C)C.[H-].[Sc+3]. The molecule has 0 amide bonds. The van der Waals surface area contributed by atoms with E-state index in [1.165, 1.54) is 0 Å². The summed E-state index contributed by atoms with van der Waals surface area (Å²) in [5, 5.41) is 1.64. The zero-order valence-corrected chi connectivity index (χ0v) is 26.2. The van der Waals surface area contributed by atoms with E-state index in [-0.39, 0.29) is 27.3 Å². The molecule has 0 nitrogen and oxygen atoms in total. The molecule has 0 aliphatic carbocycles. The van der Waals surface area contributed by atoms with E-state index < -0.39 is 32.3 Å². The van der Waals surface area contributed by atoms with Gasteiger partial charge in [0.25, 0.3) is 0 Å². The van der Waals surface area contributed by atoms with Crippen LogP contribution in [0.2, 0.25) is 88.9 Å². The topological polar surface area (TPSA) is 0 Å². The Kier molecular flexibility index (Phi) is 15.7. The smallest absolute Gasteiger partial charge is 1.00 e. The Morgan fingerprint density at radius 1 is 0.519 bits per heavy atom. The van der Waals surface area contributed by atoms with Crippen LogP contribution < -0.4 is 0 Å². The summed E-state index contributed by atoms with van der Waals surface area (Å²) in [4.78, 5) is 0. The minimum Gasteiger partial charge on any atom is -1.00 e. The maximum atomic E-state index is 5.38. The van der Waals surface area contributed by atoms with Crippen molar-refractivity contribution in [2.75, 3.05) is 0 Å². The second kappa shape index (κ2) is 13.1. The maximum absolute atomic E-state index is 5.38. The first kappa shape index (κ1) is 32.4. The van der Waals surface area contributed by atoms with Gasteiger partial charge in [0.1, 0.15) is 0 Å². The molecule has 0 heterocycles. The molecule has 5 heteroatoms. The van der Waals surface area contributed by atoms with E-state index in [0.29, 0.717) is 0 Å².